The van der Waals surface area contributed by atoms with Crippen molar-refractivity contribution in [2.45, 2.75) is 32.7 Å². The van der Waals surface area contributed by atoms with Gasteiger partial charge in [0.1, 0.15) is 0 Å². The maximum atomic E-state index is 11.6. The van der Waals surface area contributed by atoms with E-state index in [1.165, 1.54) is 15.0 Å². The van der Waals surface area contributed by atoms with Gasteiger partial charge in [-0.2, -0.15) is 0 Å². The van der Waals surface area contributed by atoms with Crippen LogP contribution in [0.4, 0.5) is 0 Å². The minimum atomic E-state index is -0.643. The Morgan fingerprint density at radius 1 is 1.48 bits per heavy atom. The van der Waals surface area contributed by atoms with Gasteiger partial charge in [0, 0.05) is 22.2 Å². The number of likely N-dealkylation sites (tertiary alicyclic amines) is 1. The first-order valence-electron chi connectivity index (χ1n) is 7.52. The van der Waals surface area contributed by atoms with E-state index in [0.717, 1.165) is 13.0 Å². The van der Waals surface area contributed by atoms with Crippen LogP contribution in [0.5, 0.6) is 0 Å². The van der Waals surface area contributed by atoms with Crippen molar-refractivity contribution < 1.29 is 9.90 Å². The molecule has 1 aromatic heterocycles. The van der Waals surface area contributed by atoms with Gasteiger partial charge in [0.2, 0.25) is 0 Å². The van der Waals surface area contributed by atoms with E-state index in [0.29, 0.717) is 13.0 Å². The fourth-order valence-corrected chi connectivity index (χ4v) is 4.39. The molecule has 1 fully saturated rings. The Morgan fingerprint density at radius 2 is 2.24 bits per heavy atom. The fourth-order valence-electron chi connectivity index (χ4n) is 3.24. The molecular formula is C17H21NO2S. The van der Waals surface area contributed by atoms with Gasteiger partial charge in [-0.15, -0.1) is 11.3 Å². The van der Waals surface area contributed by atoms with E-state index in [1.807, 2.05) is 18.3 Å². The topological polar surface area (TPSA) is 40.5 Å². The summed E-state index contributed by atoms with van der Waals surface area (Å²) in [7, 11) is 0. The minimum Gasteiger partial charge on any atom is -0.481 e. The summed E-state index contributed by atoms with van der Waals surface area (Å²) < 4.78 is 1.30. The number of thiophene rings is 1. The van der Waals surface area contributed by atoms with Gasteiger partial charge in [-0.25, -0.2) is 0 Å². The predicted molar refractivity (Wildman–Crippen MR) is 86.8 cm³/mol. The van der Waals surface area contributed by atoms with Crippen molar-refractivity contribution in [1.82, 2.24) is 4.90 Å². The lowest BCUT2D eigenvalue weighted by molar-refractivity contribution is -0.148. The molecule has 21 heavy (non-hydrogen) atoms. The maximum Gasteiger partial charge on any atom is 0.310 e. The normalized spacial score (nSPS) is 24.5. The molecule has 2 heterocycles. The molecule has 1 N–H and O–H groups in total. The average Bonchev–Trinajstić information content (AvgIpc) is 3.11. The molecule has 1 aliphatic heterocycles. The van der Waals surface area contributed by atoms with Gasteiger partial charge in [-0.1, -0.05) is 25.1 Å². The molecule has 0 amide bonds. The van der Waals surface area contributed by atoms with E-state index < -0.39 is 11.4 Å². The summed E-state index contributed by atoms with van der Waals surface area (Å²) >= 11 is 1.82. The second-order valence-electron chi connectivity index (χ2n) is 6.02. The molecular weight excluding hydrogens is 282 g/mol. The zero-order valence-electron chi connectivity index (χ0n) is 12.5. The monoisotopic (exact) mass is 303 g/mol. The first kappa shape index (κ1) is 14.5. The Hall–Kier alpha value is -1.39. The van der Waals surface area contributed by atoms with Crippen LogP contribution in [0, 0.1) is 5.41 Å². The number of aliphatic carboxylic acids is 1. The average molecular weight is 303 g/mol. The number of hydrogen-bond acceptors (Lipinski definition) is 3. The molecule has 2 aromatic rings. The SMILES string of the molecule is CCC1(C(=O)O)CCN(C(C)c2cc3ccccc3s2)C1. The molecule has 2 atom stereocenters. The Balaban J connectivity index is 1.83. The summed E-state index contributed by atoms with van der Waals surface area (Å²) in [5, 5.41) is 10.8. The highest BCUT2D eigenvalue weighted by Crippen LogP contribution is 2.40. The van der Waals surface area contributed by atoms with Crippen LogP contribution in [-0.4, -0.2) is 29.1 Å². The zero-order chi connectivity index (χ0) is 15.0. The smallest absolute Gasteiger partial charge is 0.310 e. The summed E-state index contributed by atoms with van der Waals surface area (Å²) in [6.07, 6.45) is 1.46. The molecule has 0 bridgehead atoms. The Morgan fingerprint density at radius 3 is 2.86 bits per heavy atom. The van der Waals surface area contributed by atoms with Crippen LogP contribution in [-0.2, 0) is 4.79 Å². The van der Waals surface area contributed by atoms with Crippen LogP contribution in [0.1, 0.15) is 37.6 Å². The molecule has 3 rings (SSSR count). The van der Waals surface area contributed by atoms with Gasteiger partial charge in [0.25, 0.3) is 0 Å². The van der Waals surface area contributed by atoms with Crippen LogP contribution < -0.4 is 0 Å². The number of carboxylic acids is 1. The van der Waals surface area contributed by atoms with Crippen molar-refractivity contribution in [3.8, 4) is 0 Å². The van der Waals surface area contributed by atoms with Gasteiger partial charge < -0.3 is 5.11 Å². The second-order valence-corrected chi connectivity index (χ2v) is 7.14. The van der Waals surface area contributed by atoms with Crippen LogP contribution in [0.25, 0.3) is 10.1 Å². The highest BCUT2D eigenvalue weighted by molar-refractivity contribution is 7.19. The van der Waals surface area contributed by atoms with Crippen LogP contribution in [0.2, 0.25) is 0 Å². The van der Waals surface area contributed by atoms with E-state index >= 15 is 0 Å². The first-order valence-corrected chi connectivity index (χ1v) is 8.33. The molecule has 2 unspecified atom stereocenters. The fraction of sp³-hybridized carbons (Fsp3) is 0.471. The van der Waals surface area contributed by atoms with Crippen LogP contribution in [0.15, 0.2) is 30.3 Å². The molecule has 0 radical (unpaired) electrons. The predicted octanol–water partition coefficient (Wildman–Crippen LogP) is 4.15. The minimum absolute atomic E-state index is 0.287. The van der Waals surface area contributed by atoms with Gasteiger partial charge >= 0.3 is 5.97 Å². The molecule has 0 saturated carbocycles. The third-order valence-electron chi connectivity index (χ3n) is 4.92. The van der Waals surface area contributed by atoms with Crippen molar-refractivity contribution in [3.63, 3.8) is 0 Å². The summed E-state index contributed by atoms with van der Waals surface area (Å²) in [5.74, 6) is -0.643. The molecule has 1 aromatic carbocycles. The Labute approximate surface area is 129 Å². The lowest BCUT2D eigenvalue weighted by atomic mass is 9.84. The molecule has 4 heteroatoms. The lowest BCUT2D eigenvalue weighted by Gasteiger charge is -2.26. The summed E-state index contributed by atoms with van der Waals surface area (Å²) in [4.78, 5) is 15.2. The van der Waals surface area contributed by atoms with Crippen molar-refractivity contribution in [1.29, 1.82) is 0 Å². The summed E-state index contributed by atoms with van der Waals surface area (Å²) in [6, 6.07) is 10.9. The highest BCUT2D eigenvalue weighted by atomic mass is 32.1. The number of benzene rings is 1. The molecule has 0 spiro atoms. The first-order chi connectivity index (χ1) is 10.1. The van der Waals surface area contributed by atoms with E-state index in [1.54, 1.807) is 0 Å². The van der Waals surface area contributed by atoms with Crippen LogP contribution >= 0.6 is 11.3 Å². The zero-order valence-corrected chi connectivity index (χ0v) is 13.3. The molecule has 112 valence electrons. The van der Waals surface area contributed by atoms with Crippen molar-refractivity contribution >= 4 is 27.4 Å². The molecule has 3 nitrogen and oxygen atoms in total. The number of hydrogen-bond donors (Lipinski definition) is 1. The van der Waals surface area contributed by atoms with Gasteiger partial charge in [-0.3, -0.25) is 9.69 Å². The summed E-state index contributed by atoms with van der Waals surface area (Å²) in [6.45, 7) is 5.71. The largest absolute Gasteiger partial charge is 0.481 e. The third-order valence-corrected chi connectivity index (χ3v) is 6.20. The molecule has 0 aliphatic carbocycles. The van der Waals surface area contributed by atoms with E-state index in [4.69, 9.17) is 0 Å². The van der Waals surface area contributed by atoms with Crippen molar-refractivity contribution in [2.24, 2.45) is 5.41 Å². The third kappa shape index (κ3) is 2.47. The van der Waals surface area contributed by atoms with E-state index in [9.17, 15) is 9.90 Å². The summed E-state index contributed by atoms with van der Waals surface area (Å²) in [5.41, 5.74) is -0.551. The Kier molecular flexibility index (Phi) is 3.76. The number of fused-ring (bicyclic) bond motifs is 1. The van der Waals surface area contributed by atoms with E-state index in [-0.39, 0.29) is 6.04 Å². The van der Waals surface area contributed by atoms with Crippen LogP contribution in [0.3, 0.4) is 0 Å². The standard InChI is InChI=1S/C17H21NO2S/c1-3-17(16(19)20)8-9-18(11-17)12(2)15-10-13-6-4-5-7-14(13)21-15/h4-7,10,12H,3,8-9,11H2,1-2H3,(H,19,20). The van der Waals surface area contributed by atoms with Gasteiger partial charge in [0.05, 0.1) is 5.41 Å². The van der Waals surface area contributed by atoms with Crippen molar-refractivity contribution in [2.75, 3.05) is 13.1 Å². The quantitative estimate of drug-likeness (QED) is 0.922. The lowest BCUT2D eigenvalue weighted by Crippen LogP contribution is -2.34. The molecule has 1 aliphatic rings. The number of carbonyl (C=O) groups is 1. The Bertz CT molecular complexity index is 633. The van der Waals surface area contributed by atoms with E-state index in [2.05, 4.69) is 42.2 Å². The van der Waals surface area contributed by atoms with Crippen molar-refractivity contribution in [3.05, 3.63) is 35.2 Å². The number of carboxylic acid groups (broad SMARTS) is 1. The van der Waals surface area contributed by atoms with Gasteiger partial charge in [0.15, 0.2) is 0 Å². The van der Waals surface area contributed by atoms with Gasteiger partial charge in [-0.05, 0) is 43.8 Å². The number of rotatable bonds is 4. The maximum absolute atomic E-state index is 11.6. The second kappa shape index (κ2) is 5.43. The molecule has 1 saturated heterocycles. The highest BCUT2D eigenvalue weighted by Gasteiger charge is 2.44. The number of nitrogens with zero attached hydrogens (tertiary/aromatic N) is 1.